The van der Waals surface area contributed by atoms with Gasteiger partial charge in [-0.2, -0.15) is 0 Å². The van der Waals surface area contributed by atoms with E-state index in [1.165, 1.54) is 0 Å². The molecule has 1 atom stereocenters. The van der Waals surface area contributed by atoms with Gasteiger partial charge >= 0.3 is 0 Å². The number of hydrogen-bond donors (Lipinski definition) is 2. The highest BCUT2D eigenvalue weighted by Gasteiger charge is 2.15. The molecule has 0 saturated heterocycles. The van der Waals surface area contributed by atoms with Crippen LogP contribution >= 0.6 is 0 Å². The normalized spacial score (nSPS) is 12.2. The Hall–Kier alpha value is -2.17. The molecule has 2 rings (SSSR count). The van der Waals surface area contributed by atoms with Crippen LogP contribution in [0.1, 0.15) is 27.5 Å². The maximum Gasteiger partial charge on any atom is 0.251 e. The van der Waals surface area contributed by atoms with E-state index in [0.717, 1.165) is 17.7 Å². The summed E-state index contributed by atoms with van der Waals surface area (Å²) in [5.41, 5.74) is 2.58. The Kier molecular flexibility index (Phi) is 5.69. The van der Waals surface area contributed by atoms with Crippen molar-refractivity contribution in [1.82, 2.24) is 10.2 Å². The third kappa shape index (κ3) is 4.41. The van der Waals surface area contributed by atoms with Crippen molar-refractivity contribution in [2.45, 2.75) is 12.6 Å². The standard InChI is InChI=1S/C18H22N2O2/c1-20(2)12-14-7-6-10-16(11-14)18(22)19-17(13-21)15-8-4-3-5-9-15/h3-11,17,21H,12-13H2,1-2H3,(H,19,22). The first kappa shape index (κ1) is 16.2. The summed E-state index contributed by atoms with van der Waals surface area (Å²) in [5, 5.41) is 12.4. The molecule has 2 aromatic carbocycles. The van der Waals surface area contributed by atoms with Gasteiger partial charge in [-0.15, -0.1) is 0 Å². The molecular formula is C18H22N2O2. The van der Waals surface area contributed by atoms with E-state index < -0.39 is 6.04 Å². The van der Waals surface area contributed by atoms with Crippen LogP contribution in [-0.4, -0.2) is 36.6 Å². The number of aliphatic hydroxyl groups is 1. The lowest BCUT2D eigenvalue weighted by molar-refractivity contribution is 0.0916. The molecule has 0 aliphatic heterocycles. The number of hydrogen-bond acceptors (Lipinski definition) is 3. The minimum Gasteiger partial charge on any atom is -0.394 e. The Morgan fingerprint density at radius 2 is 1.86 bits per heavy atom. The predicted octanol–water partition coefficient (Wildman–Crippen LogP) is 2.21. The zero-order valence-electron chi connectivity index (χ0n) is 13.0. The molecule has 0 radical (unpaired) electrons. The van der Waals surface area contributed by atoms with E-state index in [-0.39, 0.29) is 12.5 Å². The minimum absolute atomic E-state index is 0.132. The van der Waals surface area contributed by atoms with Crippen LogP contribution in [0.2, 0.25) is 0 Å². The monoisotopic (exact) mass is 298 g/mol. The first-order valence-corrected chi connectivity index (χ1v) is 7.30. The van der Waals surface area contributed by atoms with E-state index in [0.29, 0.717) is 5.56 Å². The number of carbonyl (C=O) groups excluding carboxylic acids is 1. The lowest BCUT2D eigenvalue weighted by Gasteiger charge is -2.17. The fraction of sp³-hybridized carbons (Fsp3) is 0.278. The average molecular weight is 298 g/mol. The van der Waals surface area contributed by atoms with Gasteiger partial charge in [0.25, 0.3) is 5.91 Å². The van der Waals surface area contributed by atoms with Gasteiger partial charge in [-0.3, -0.25) is 4.79 Å². The van der Waals surface area contributed by atoms with E-state index >= 15 is 0 Å². The molecule has 1 amide bonds. The van der Waals surface area contributed by atoms with Crippen molar-refractivity contribution in [3.8, 4) is 0 Å². The molecule has 0 saturated carbocycles. The van der Waals surface area contributed by atoms with Gasteiger partial charge in [-0.25, -0.2) is 0 Å². The second kappa shape index (κ2) is 7.73. The van der Waals surface area contributed by atoms with Crippen LogP contribution in [0.15, 0.2) is 54.6 Å². The van der Waals surface area contributed by atoms with Gasteiger partial charge in [-0.1, -0.05) is 42.5 Å². The Labute approximate surface area is 131 Å². The minimum atomic E-state index is -0.397. The van der Waals surface area contributed by atoms with Crippen LogP contribution in [0, 0.1) is 0 Å². The molecule has 22 heavy (non-hydrogen) atoms. The number of aliphatic hydroxyl groups excluding tert-OH is 1. The van der Waals surface area contributed by atoms with Crippen molar-refractivity contribution in [1.29, 1.82) is 0 Å². The molecule has 0 aliphatic carbocycles. The van der Waals surface area contributed by atoms with Crippen LogP contribution in [0.5, 0.6) is 0 Å². The molecule has 0 aliphatic rings. The molecule has 1 unspecified atom stereocenters. The lowest BCUT2D eigenvalue weighted by Crippen LogP contribution is -2.30. The van der Waals surface area contributed by atoms with Gasteiger partial charge < -0.3 is 15.3 Å². The summed E-state index contributed by atoms with van der Waals surface area (Å²) in [7, 11) is 3.98. The van der Waals surface area contributed by atoms with Gasteiger partial charge in [0, 0.05) is 12.1 Å². The number of nitrogens with zero attached hydrogens (tertiary/aromatic N) is 1. The first-order valence-electron chi connectivity index (χ1n) is 7.30. The molecule has 2 N–H and O–H groups in total. The number of nitrogens with one attached hydrogen (secondary N) is 1. The second-order valence-corrected chi connectivity index (χ2v) is 5.56. The van der Waals surface area contributed by atoms with E-state index in [1.54, 1.807) is 6.07 Å². The van der Waals surface area contributed by atoms with Crippen LogP contribution in [-0.2, 0) is 6.54 Å². The Morgan fingerprint density at radius 1 is 1.14 bits per heavy atom. The Morgan fingerprint density at radius 3 is 2.50 bits per heavy atom. The Balaban J connectivity index is 2.11. The zero-order valence-corrected chi connectivity index (χ0v) is 13.0. The third-order valence-corrected chi connectivity index (χ3v) is 3.38. The van der Waals surface area contributed by atoms with E-state index in [1.807, 2.05) is 62.6 Å². The van der Waals surface area contributed by atoms with Crippen molar-refractivity contribution in [2.24, 2.45) is 0 Å². The summed E-state index contributed by atoms with van der Waals surface area (Å²) in [6, 6.07) is 16.6. The van der Waals surface area contributed by atoms with Gasteiger partial charge in [0.15, 0.2) is 0 Å². The number of amides is 1. The van der Waals surface area contributed by atoms with E-state index in [2.05, 4.69) is 10.2 Å². The number of carbonyl (C=O) groups is 1. The summed E-state index contributed by atoms with van der Waals surface area (Å²) >= 11 is 0. The average Bonchev–Trinajstić information content (AvgIpc) is 2.53. The quantitative estimate of drug-likeness (QED) is 0.860. The fourth-order valence-electron chi connectivity index (χ4n) is 2.34. The summed E-state index contributed by atoms with van der Waals surface area (Å²) in [6.45, 7) is 0.649. The fourth-order valence-corrected chi connectivity index (χ4v) is 2.34. The van der Waals surface area contributed by atoms with Gasteiger partial charge in [-0.05, 0) is 37.4 Å². The van der Waals surface area contributed by atoms with Crippen molar-refractivity contribution in [3.05, 3.63) is 71.3 Å². The van der Waals surface area contributed by atoms with Gasteiger partial charge in [0.1, 0.15) is 0 Å². The van der Waals surface area contributed by atoms with Crippen molar-refractivity contribution in [2.75, 3.05) is 20.7 Å². The predicted molar refractivity (Wildman–Crippen MR) is 87.6 cm³/mol. The molecule has 0 heterocycles. The highest BCUT2D eigenvalue weighted by atomic mass is 16.3. The molecule has 0 fully saturated rings. The zero-order chi connectivity index (χ0) is 15.9. The van der Waals surface area contributed by atoms with Crippen LogP contribution in [0.4, 0.5) is 0 Å². The SMILES string of the molecule is CN(C)Cc1cccc(C(=O)NC(CO)c2ccccc2)c1. The molecule has 0 spiro atoms. The van der Waals surface area contributed by atoms with Crippen molar-refractivity contribution in [3.63, 3.8) is 0 Å². The molecule has 2 aromatic rings. The molecule has 0 bridgehead atoms. The number of rotatable bonds is 6. The third-order valence-electron chi connectivity index (χ3n) is 3.38. The molecule has 4 heteroatoms. The Bertz CT molecular complexity index is 611. The molecule has 4 nitrogen and oxygen atoms in total. The summed E-state index contributed by atoms with van der Waals surface area (Å²) < 4.78 is 0. The molecular weight excluding hydrogens is 276 g/mol. The van der Waals surface area contributed by atoms with Crippen molar-refractivity contribution >= 4 is 5.91 Å². The first-order chi connectivity index (χ1) is 10.6. The molecule has 0 aromatic heterocycles. The topological polar surface area (TPSA) is 52.6 Å². The second-order valence-electron chi connectivity index (χ2n) is 5.56. The van der Waals surface area contributed by atoms with Crippen LogP contribution < -0.4 is 5.32 Å². The lowest BCUT2D eigenvalue weighted by atomic mass is 10.1. The summed E-state index contributed by atoms with van der Waals surface area (Å²) in [5.74, 6) is -0.177. The van der Waals surface area contributed by atoms with E-state index in [9.17, 15) is 9.90 Å². The summed E-state index contributed by atoms with van der Waals surface area (Å²) in [6.07, 6.45) is 0. The maximum atomic E-state index is 12.4. The maximum absolute atomic E-state index is 12.4. The largest absolute Gasteiger partial charge is 0.394 e. The van der Waals surface area contributed by atoms with E-state index in [4.69, 9.17) is 0 Å². The van der Waals surface area contributed by atoms with Crippen LogP contribution in [0.3, 0.4) is 0 Å². The highest BCUT2D eigenvalue weighted by Crippen LogP contribution is 2.14. The van der Waals surface area contributed by atoms with Gasteiger partial charge in [0.05, 0.1) is 12.6 Å². The van der Waals surface area contributed by atoms with Crippen LogP contribution in [0.25, 0.3) is 0 Å². The van der Waals surface area contributed by atoms with Gasteiger partial charge in [0.2, 0.25) is 0 Å². The number of benzene rings is 2. The smallest absolute Gasteiger partial charge is 0.251 e. The highest BCUT2D eigenvalue weighted by molar-refractivity contribution is 5.94. The van der Waals surface area contributed by atoms with Crippen molar-refractivity contribution < 1.29 is 9.90 Å². The summed E-state index contributed by atoms with van der Waals surface area (Å²) in [4.78, 5) is 14.4. The molecule has 116 valence electrons.